The van der Waals surface area contributed by atoms with Crippen LogP contribution < -0.4 is 0 Å². The van der Waals surface area contributed by atoms with Crippen LogP contribution in [0.1, 0.15) is 57.8 Å². The molecule has 0 amide bonds. The summed E-state index contributed by atoms with van der Waals surface area (Å²) in [7, 11) is 2.68. The molecule has 1 aliphatic rings. The quantitative estimate of drug-likeness (QED) is 0.504. The summed E-state index contributed by atoms with van der Waals surface area (Å²) in [5.74, 6) is -0.734. The second-order valence-electron chi connectivity index (χ2n) is 5.87. The molecule has 0 aromatic heterocycles. The van der Waals surface area contributed by atoms with Crippen molar-refractivity contribution in [2.45, 2.75) is 21.1 Å². The van der Waals surface area contributed by atoms with Gasteiger partial charge in [-0.15, -0.1) is 0 Å². The molecule has 1 aliphatic heterocycles. The maximum Gasteiger partial charge on any atom is 0.337 e. The van der Waals surface area contributed by atoms with Crippen molar-refractivity contribution in [1.29, 1.82) is 0 Å². The average molecular weight is 467 g/mol. The number of carbonyl (C=O) groups excluding carboxylic acids is 3. The zero-order valence-corrected chi connectivity index (χ0v) is 17.4. The van der Waals surface area contributed by atoms with Gasteiger partial charge in [-0.3, -0.25) is 4.79 Å². The fourth-order valence-electron chi connectivity index (χ4n) is 2.26. The van der Waals surface area contributed by atoms with Crippen LogP contribution in [0.3, 0.4) is 0 Å². The third-order valence-corrected chi connectivity index (χ3v) is 3.79. The highest BCUT2D eigenvalue weighted by molar-refractivity contribution is 5.90. The topological polar surface area (TPSA) is 129 Å². The number of aliphatic hydroxyl groups is 2. The smallest absolute Gasteiger partial charge is 0.337 e. The summed E-state index contributed by atoms with van der Waals surface area (Å²) in [4.78, 5) is 32.3. The minimum Gasteiger partial charge on any atom is -0.465 e. The lowest BCUT2D eigenvalue weighted by atomic mass is 10.1. The van der Waals surface area contributed by atoms with Gasteiger partial charge in [0.2, 0.25) is 0 Å². The molecule has 1 fully saturated rings. The number of hydrogen-bond donors (Lipinski definition) is 2. The molecule has 0 spiro atoms. The fourth-order valence-corrected chi connectivity index (χ4v) is 2.26. The van der Waals surface area contributed by atoms with Crippen LogP contribution in [0.25, 0.3) is 0 Å². The van der Waals surface area contributed by atoms with Crippen molar-refractivity contribution in [3.05, 3.63) is 70.8 Å². The Hall–Kier alpha value is -3.11. The van der Waals surface area contributed by atoms with E-state index in [4.69, 9.17) is 19.7 Å². The molecule has 9 nitrogen and oxygen atoms in total. The highest BCUT2D eigenvalue weighted by atomic mass is 16.7. The van der Waals surface area contributed by atoms with Crippen molar-refractivity contribution >= 4 is 18.2 Å². The van der Waals surface area contributed by atoms with Crippen LogP contribution >= 0.6 is 0 Å². The lowest BCUT2D eigenvalue weighted by Crippen LogP contribution is -2.02. The van der Waals surface area contributed by atoms with E-state index in [0.717, 1.165) is 11.8 Å². The molecule has 2 N–H and O–H groups in total. The maximum atomic E-state index is 11.2. The number of benzene rings is 2. The van der Waals surface area contributed by atoms with Gasteiger partial charge in [0.05, 0.1) is 51.8 Å². The van der Waals surface area contributed by atoms with Crippen LogP contribution in [-0.4, -0.2) is 69.1 Å². The molecular formula is C24H34O9. The van der Waals surface area contributed by atoms with E-state index < -0.39 is 5.97 Å². The van der Waals surface area contributed by atoms with E-state index in [0.29, 0.717) is 29.9 Å². The first-order valence-corrected chi connectivity index (χ1v) is 9.27. The van der Waals surface area contributed by atoms with E-state index in [1.165, 1.54) is 14.2 Å². The molecule has 1 heterocycles. The van der Waals surface area contributed by atoms with Gasteiger partial charge in [-0.05, 0) is 24.3 Å². The van der Waals surface area contributed by atoms with Gasteiger partial charge in [0.1, 0.15) is 6.29 Å². The molecule has 0 radical (unpaired) electrons. The normalized spacial score (nSPS) is 11.8. The zero-order valence-electron chi connectivity index (χ0n) is 17.4. The number of aldehydes is 1. The van der Waals surface area contributed by atoms with Crippen molar-refractivity contribution < 1.29 is 43.5 Å². The molecule has 3 rings (SSSR count). The van der Waals surface area contributed by atoms with Crippen LogP contribution in [0.4, 0.5) is 0 Å². The first-order chi connectivity index (χ1) is 15.0. The summed E-state index contributed by atoms with van der Waals surface area (Å²) in [5, 5.41) is 15.2. The van der Waals surface area contributed by atoms with E-state index in [1.54, 1.807) is 36.4 Å². The maximum absolute atomic E-state index is 11.2. The Bertz CT molecular complexity index is 794. The summed E-state index contributed by atoms with van der Waals surface area (Å²) in [6, 6.07) is 13.3. The average Bonchev–Trinajstić information content (AvgIpc) is 3.39. The Kier molecular flexibility index (Phi) is 17.9. The van der Waals surface area contributed by atoms with Gasteiger partial charge < -0.3 is 29.2 Å². The van der Waals surface area contributed by atoms with Crippen LogP contribution in [0.5, 0.6) is 0 Å². The molecule has 0 unspecified atom stereocenters. The number of hydrogen-bond acceptors (Lipinski definition) is 9. The van der Waals surface area contributed by atoms with Crippen LogP contribution in [0.2, 0.25) is 0 Å². The summed E-state index contributed by atoms with van der Waals surface area (Å²) in [6.45, 7) is 0.979. The fraction of sp³-hybridized carbons (Fsp3) is 0.375. The Balaban J connectivity index is 0. The standard InChI is InChI=1S/C11H12O4.C9H8O3.C2H6O2.2CH4/c1-13-10(12)8-2-4-9(5-3-8)11-14-6-7-15-11;1-12-9(11)8-4-2-7(6-10)3-5-8;3-1-2-4;;/h2-5,11H,6-7H2,1H3;2-6H,1H3;3-4H,1-2H2;2*1H4. The van der Waals surface area contributed by atoms with Gasteiger partial charge in [-0.2, -0.15) is 0 Å². The van der Waals surface area contributed by atoms with E-state index in [1.807, 2.05) is 12.1 Å². The summed E-state index contributed by atoms with van der Waals surface area (Å²) < 4.78 is 19.7. The Morgan fingerprint density at radius 1 is 0.848 bits per heavy atom. The van der Waals surface area contributed by atoms with E-state index in [-0.39, 0.29) is 40.3 Å². The van der Waals surface area contributed by atoms with Crippen molar-refractivity contribution in [3.8, 4) is 0 Å². The van der Waals surface area contributed by atoms with Gasteiger partial charge in [-0.1, -0.05) is 39.1 Å². The summed E-state index contributed by atoms with van der Waals surface area (Å²) in [5.41, 5.74) is 2.44. The van der Waals surface area contributed by atoms with Crippen molar-refractivity contribution in [1.82, 2.24) is 0 Å². The van der Waals surface area contributed by atoms with Gasteiger partial charge in [0.15, 0.2) is 6.29 Å². The van der Waals surface area contributed by atoms with Crippen LogP contribution in [-0.2, 0) is 18.9 Å². The predicted molar refractivity (Wildman–Crippen MR) is 123 cm³/mol. The predicted octanol–water partition coefficient (Wildman–Crippen LogP) is 3.05. The number of ether oxygens (including phenoxy) is 4. The summed E-state index contributed by atoms with van der Waals surface area (Å²) >= 11 is 0. The minimum atomic E-state index is -0.396. The van der Waals surface area contributed by atoms with Gasteiger partial charge in [-0.25, -0.2) is 9.59 Å². The zero-order chi connectivity index (χ0) is 23.1. The molecule has 1 saturated heterocycles. The van der Waals surface area contributed by atoms with Crippen molar-refractivity contribution in [2.75, 3.05) is 40.6 Å². The molecule has 9 heteroatoms. The lowest BCUT2D eigenvalue weighted by molar-refractivity contribution is -0.0441. The van der Waals surface area contributed by atoms with E-state index in [9.17, 15) is 14.4 Å². The number of carbonyl (C=O) groups is 3. The SMILES string of the molecule is C.C.COC(=O)c1ccc(C2OCCO2)cc1.COC(=O)c1ccc(C=O)cc1.OCCO. The monoisotopic (exact) mass is 466 g/mol. The van der Waals surface area contributed by atoms with E-state index in [2.05, 4.69) is 9.47 Å². The van der Waals surface area contributed by atoms with Crippen LogP contribution in [0.15, 0.2) is 48.5 Å². The highest BCUT2D eigenvalue weighted by Gasteiger charge is 2.18. The van der Waals surface area contributed by atoms with Gasteiger partial charge in [0, 0.05) is 11.1 Å². The molecule has 0 saturated carbocycles. The Morgan fingerprint density at radius 3 is 1.58 bits per heavy atom. The number of rotatable bonds is 5. The first-order valence-electron chi connectivity index (χ1n) is 9.27. The molecule has 184 valence electrons. The molecule has 33 heavy (non-hydrogen) atoms. The minimum absolute atomic E-state index is 0. The third kappa shape index (κ3) is 11.4. The Morgan fingerprint density at radius 2 is 1.24 bits per heavy atom. The van der Waals surface area contributed by atoms with Gasteiger partial charge >= 0.3 is 11.9 Å². The van der Waals surface area contributed by atoms with Crippen molar-refractivity contribution in [2.24, 2.45) is 0 Å². The van der Waals surface area contributed by atoms with Gasteiger partial charge in [0.25, 0.3) is 0 Å². The molecular weight excluding hydrogens is 432 g/mol. The highest BCUT2D eigenvalue weighted by Crippen LogP contribution is 2.23. The number of methoxy groups -OCH3 is 2. The number of esters is 2. The van der Waals surface area contributed by atoms with Crippen LogP contribution in [0, 0.1) is 0 Å². The lowest BCUT2D eigenvalue weighted by Gasteiger charge is -2.09. The molecule has 0 aliphatic carbocycles. The number of aliphatic hydroxyl groups excluding tert-OH is 2. The second kappa shape index (κ2) is 18.5. The summed E-state index contributed by atoms with van der Waals surface area (Å²) in [6.07, 6.45) is 0.429. The largest absolute Gasteiger partial charge is 0.465 e. The third-order valence-electron chi connectivity index (χ3n) is 3.79. The second-order valence-corrected chi connectivity index (χ2v) is 5.87. The van der Waals surface area contributed by atoms with Crippen molar-refractivity contribution in [3.63, 3.8) is 0 Å². The molecule has 2 aromatic rings. The van der Waals surface area contributed by atoms with E-state index >= 15 is 0 Å². The molecule has 2 aromatic carbocycles. The molecule has 0 atom stereocenters. The Labute approximate surface area is 194 Å². The molecule has 0 bridgehead atoms. The first kappa shape index (κ1) is 32.1.